The Morgan fingerprint density at radius 1 is 1.10 bits per heavy atom. The number of likely N-dealkylation sites (N-methyl/N-ethyl adjacent to an activating group) is 1. The fraction of sp³-hybridized carbons (Fsp3) is 0.684. The maximum atomic E-state index is 3.52. The van der Waals surface area contributed by atoms with E-state index in [1.807, 2.05) is 0 Å². The Morgan fingerprint density at radius 3 is 2.19 bits per heavy atom. The van der Waals surface area contributed by atoms with Crippen LogP contribution in [0.15, 0.2) is 18.2 Å². The van der Waals surface area contributed by atoms with Crippen LogP contribution in [-0.2, 0) is 0 Å². The number of unbranched alkanes of at least 4 members (excludes halogenated alkanes) is 1. The Kier molecular flexibility index (Phi) is 7.98. The van der Waals surface area contributed by atoms with Crippen LogP contribution in [0.25, 0.3) is 0 Å². The summed E-state index contributed by atoms with van der Waals surface area (Å²) in [5, 5.41) is 3.52. The van der Waals surface area contributed by atoms with Gasteiger partial charge in [-0.15, -0.1) is 0 Å². The fourth-order valence-electron chi connectivity index (χ4n) is 2.92. The van der Waals surface area contributed by atoms with Crippen molar-refractivity contribution in [2.24, 2.45) is 0 Å². The maximum Gasteiger partial charge on any atom is 0.0447 e. The van der Waals surface area contributed by atoms with Gasteiger partial charge in [0.1, 0.15) is 0 Å². The van der Waals surface area contributed by atoms with Gasteiger partial charge in [-0.05, 0) is 52.8 Å². The van der Waals surface area contributed by atoms with E-state index in [1.54, 1.807) is 0 Å². The summed E-state index contributed by atoms with van der Waals surface area (Å²) in [6.45, 7) is 13.6. The first kappa shape index (κ1) is 18.2. The monoisotopic (exact) mass is 290 g/mol. The van der Waals surface area contributed by atoms with Gasteiger partial charge in [-0.1, -0.05) is 49.6 Å². The topological polar surface area (TPSA) is 15.3 Å². The first-order valence-electron chi connectivity index (χ1n) is 8.51. The van der Waals surface area contributed by atoms with Gasteiger partial charge in [0.05, 0.1) is 0 Å². The lowest BCUT2D eigenvalue weighted by atomic mass is 10.00. The quantitative estimate of drug-likeness (QED) is 0.722. The number of nitrogens with one attached hydrogen (secondary N) is 1. The molecule has 0 aliphatic heterocycles. The fourth-order valence-corrected chi connectivity index (χ4v) is 2.92. The minimum atomic E-state index is 0.412. The molecule has 120 valence electrons. The standard InChI is InChI=1S/C19H34N2/c1-7-9-10-21(17(5)8-2)14-19(20-6)18-12-15(3)11-16(4)13-18/h11-13,17,19-20H,7-10,14H2,1-6H3. The number of nitrogens with zero attached hydrogens (tertiary/aromatic N) is 1. The molecule has 0 aromatic heterocycles. The van der Waals surface area contributed by atoms with Crippen molar-refractivity contribution in [3.63, 3.8) is 0 Å². The molecule has 2 nitrogen and oxygen atoms in total. The highest BCUT2D eigenvalue weighted by Crippen LogP contribution is 2.20. The van der Waals surface area contributed by atoms with Crippen LogP contribution >= 0.6 is 0 Å². The van der Waals surface area contributed by atoms with E-state index in [9.17, 15) is 0 Å². The van der Waals surface area contributed by atoms with E-state index in [1.165, 1.54) is 42.5 Å². The lowest BCUT2D eigenvalue weighted by Gasteiger charge is -2.32. The number of hydrogen-bond donors (Lipinski definition) is 1. The van der Waals surface area contributed by atoms with Gasteiger partial charge in [0.2, 0.25) is 0 Å². The molecule has 0 aliphatic rings. The zero-order valence-corrected chi connectivity index (χ0v) is 14.9. The first-order chi connectivity index (χ1) is 10.0. The Morgan fingerprint density at radius 2 is 1.71 bits per heavy atom. The van der Waals surface area contributed by atoms with Crippen LogP contribution in [0.5, 0.6) is 0 Å². The molecular formula is C19H34N2. The second-order valence-corrected chi connectivity index (χ2v) is 6.37. The molecule has 0 heterocycles. The molecule has 2 heteroatoms. The molecule has 0 bridgehead atoms. The van der Waals surface area contributed by atoms with Gasteiger partial charge < -0.3 is 5.32 Å². The third kappa shape index (κ3) is 5.80. The molecule has 0 saturated carbocycles. The molecule has 21 heavy (non-hydrogen) atoms. The summed E-state index contributed by atoms with van der Waals surface area (Å²) in [6.07, 6.45) is 3.77. The maximum absolute atomic E-state index is 3.52. The molecule has 0 spiro atoms. The van der Waals surface area contributed by atoms with Crippen molar-refractivity contribution in [3.05, 3.63) is 34.9 Å². The second kappa shape index (κ2) is 9.22. The number of benzene rings is 1. The van der Waals surface area contributed by atoms with Crippen molar-refractivity contribution < 1.29 is 0 Å². The smallest absolute Gasteiger partial charge is 0.0447 e. The van der Waals surface area contributed by atoms with Gasteiger partial charge in [-0.2, -0.15) is 0 Å². The van der Waals surface area contributed by atoms with E-state index in [-0.39, 0.29) is 0 Å². The Hall–Kier alpha value is -0.860. The molecular weight excluding hydrogens is 256 g/mol. The zero-order chi connectivity index (χ0) is 15.8. The molecule has 0 aliphatic carbocycles. The number of aryl methyl sites for hydroxylation is 2. The second-order valence-electron chi connectivity index (χ2n) is 6.37. The van der Waals surface area contributed by atoms with Crippen LogP contribution in [0, 0.1) is 13.8 Å². The SMILES string of the molecule is CCCCN(CC(NC)c1cc(C)cc(C)c1)C(C)CC. The Balaban J connectivity index is 2.86. The molecule has 0 amide bonds. The van der Waals surface area contributed by atoms with Crippen LogP contribution in [0.4, 0.5) is 0 Å². The molecule has 1 rings (SSSR count). The van der Waals surface area contributed by atoms with Crippen LogP contribution in [0.3, 0.4) is 0 Å². The predicted molar refractivity (Wildman–Crippen MR) is 94.0 cm³/mol. The predicted octanol–water partition coefficient (Wildman–Crippen LogP) is 4.46. The van der Waals surface area contributed by atoms with Gasteiger partial charge in [0.25, 0.3) is 0 Å². The van der Waals surface area contributed by atoms with Crippen molar-refractivity contribution in [3.8, 4) is 0 Å². The van der Waals surface area contributed by atoms with Gasteiger partial charge in [-0.25, -0.2) is 0 Å². The molecule has 1 aromatic carbocycles. The molecule has 2 atom stereocenters. The van der Waals surface area contributed by atoms with Crippen LogP contribution in [0.2, 0.25) is 0 Å². The van der Waals surface area contributed by atoms with Crippen LogP contribution in [0.1, 0.15) is 62.8 Å². The van der Waals surface area contributed by atoms with Gasteiger partial charge in [0.15, 0.2) is 0 Å². The van der Waals surface area contributed by atoms with Crippen LogP contribution < -0.4 is 5.32 Å². The van der Waals surface area contributed by atoms with E-state index < -0.39 is 0 Å². The summed E-state index contributed by atoms with van der Waals surface area (Å²) in [7, 11) is 2.08. The normalized spacial score (nSPS) is 14.4. The Labute approximate surface area is 131 Å². The zero-order valence-electron chi connectivity index (χ0n) is 14.9. The molecule has 1 aromatic rings. The highest BCUT2D eigenvalue weighted by Gasteiger charge is 2.18. The Bertz CT molecular complexity index is 394. The van der Waals surface area contributed by atoms with Crippen molar-refractivity contribution in [1.29, 1.82) is 0 Å². The highest BCUT2D eigenvalue weighted by molar-refractivity contribution is 5.30. The van der Waals surface area contributed by atoms with Gasteiger partial charge >= 0.3 is 0 Å². The van der Waals surface area contributed by atoms with Crippen LogP contribution in [-0.4, -0.2) is 31.1 Å². The van der Waals surface area contributed by atoms with E-state index >= 15 is 0 Å². The van der Waals surface area contributed by atoms with E-state index in [0.29, 0.717) is 12.1 Å². The third-order valence-corrected chi connectivity index (χ3v) is 4.42. The average molecular weight is 290 g/mol. The van der Waals surface area contributed by atoms with Crippen molar-refractivity contribution >= 4 is 0 Å². The minimum Gasteiger partial charge on any atom is -0.312 e. The summed E-state index contributed by atoms with van der Waals surface area (Å²) in [4.78, 5) is 2.64. The molecule has 0 fully saturated rings. The first-order valence-corrected chi connectivity index (χ1v) is 8.51. The van der Waals surface area contributed by atoms with Crippen molar-refractivity contribution in [2.75, 3.05) is 20.1 Å². The summed E-state index contributed by atoms with van der Waals surface area (Å²) >= 11 is 0. The highest BCUT2D eigenvalue weighted by atomic mass is 15.2. The summed E-state index contributed by atoms with van der Waals surface area (Å²) in [5.74, 6) is 0. The minimum absolute atomic E-state index is 0.412. The van der Waals surface area contributed by atoms with Gasteiger partial charge in [0, 0.05) is 18.6 Å². The lowest BCUT2D eigenvalue weighted by molar-refractivity contribution is 0.182. The molecule has 2 unspecified atom stereocenters. The van der Waals surface area contributed by atoms with Gasteiger partial charge in [-0.3, -0.25) is 4.90 Å². The average Bonchev–Trinajstić information content (AvgIpc) is 2.45. The van der Waals surface area contributed by atoms with Crippen molar-refractivity contribution in [1.82, 2.24) is 10.2 Å². The van der Waals surface area contributed by atoms with Crippen molar-refractivity contribution in [2.45, 2.75) is 66.0 Å². The largest absolute Gasteiger partial charge is 0.312 e. The molecule has 1 N–H and O–H groups in total. The summed E-state index contributed by atoms with van der Waals surface area (Å²) in [6, 6.07) is 7.96. The van der Waals surface area contributed by atoms with E-state index in [4.69, 9.17) is 0 Å². The number of rotatable bonds is 9. The van der Waals surface area contributed by atoms with E-state index in [0.717, 1.165) is 6.54 Å². The third-order valence-electron chi connectivity index (χ3n) is 4.42. The summed E-state index contributed by atoms with van der Waals surface area (Å²) in [5.41, 5.74) is 4.13. The molecule has 0 radical (unpaired) electrons. The molecule has 0 saturated heterocycles. The lowest BCUT2D eigenvalue weighted by Crippen LogP contribution is -2.40. The summed E-state index contributed by atoms with van der Waals surface area (Å²) < 4.78 is 0. The number of hydrogen-bond acceptors (Lipinski definition) is 2. The van der Waals surface area contributed by atoms with E-state index in [2.05, 4.69) is 70.1 Å².